The van der Waals surface area contributed by atoms with Crippen LogP contribution in [-0.2, 0) is 26.2 Å². The molecule has 0 saturated heterocycles. The summed E-state index contributed by atoms with van der Waals surface area (Å²) >= 11 is 9.46. The van der Waals surface area contributed by atoms with E-state index in [0.29, 0.717) is 28.1 Å². The molecule has 0 spiro atoms. The van der Waals surface area contributed by atoms with Crippen LogP contribution in [0.15, 0.2) is 88.2 Å². The standard InChI is InChI=1S/C29H33BrClN3O4S/c1-3-5-18-32-29(36)27(4-2)33(20-22-14-16-24(31)17-15-22)28(35)21-34(25-11-9-10-23(30)19-25)39(37,38)26-12-7-6-8-13-26/h6-17,19,27H,3-5,18,20-21H2,1-2H3,(H,32,36)/t27-/m0/s1. The highest BCUT2D eigenvalue weighted by atomic mass is 79.9. The first-order valence-electron chi connectivity index (χ1n) is 12.8. The van der Waals surface area contributed by atoms with E-state index in [9.17, 15) is 18.0 Å². The molecule has 39 heavy (non-hydrogen) atoms. The van der Waals surface area contributed by atoms with Crippen LogP contribution in [0.2, 0.25) is 5.02 Å². The maximum atomic E-state index is 14.0. The number of nitrogens with one attached hydrogen (secondary N) is 1. The van der Waals surface area contributed by atoms with Gasteiger partial charge in [-0.1, -0.05) is 84.2 Å². The number of rotatable bonds is 13. The van der Waals surface area contributed by atoms with Gasteiger partial charge in [-0.2, -0.15) is 0 Å². The molecule has 208 valence electrons. The molecule has 0 fully saturated rings. The molecule has 0 aliphatic rings. The van der Waals surface area contributed by atoms with Gasteiger partial charge in [0.05, 0.1) is 10.6 Å². The van der Waals surface area contributed by atoms with E-state index >= 15 is 0 Å². The fourth-order valence-electron chi connectivity index (χ4n) is 4.09. The zero-order valence-electron chi connectivity index (χ0n) is 22.0. The summed E-state index contributed by atoms with van der Waals surface area (Å²) in [6.45, 7) is 4.00. The predicted octanol–water partition coefficient (Wildman–Crippen LogP) is 6.02. The lowest BCUT2D eigenvalue weighted by Crippen LogP contribution is -2.52. The van der Waals surface area contributed by atoms with Gasteiger partial charge in [0.1, 0.15) is 12.6 Å². The van der Waals surface area contributed by atoms with Gasteiger partial charge >= 0.3 is 0 Å². The van der Waals surface area contributed by atoms with Crippen LogP contribution in [-0.4, -0.2) is 44.3 Å². The quantitative estimate of drug-likeness (QED) is 0.233. The molecule has 3 aromatic carbocycles. The molecule has 0 aliphatic carbocycles. The molecular formula is C29H33BrClN3O4S. The van der Waals surface area contributed by atoms with E-state index in [4.69, 9.17) is 11.6 Å². The van der Waals surface area contributed by atoms with E-state index in [1.807, 2.05) is 13.8 Å². The van der Waals surface area contributed by atoms with Gasteiger partial charge in [0.15, 0.2) is 0 Å². The topological polar surface area (TPSA) is 86.8 Å². The van der Waals surface area contributed by atoms with Crippen LogP contribution >= 0.6 is 27.5 Å². The van der Waals surface area contributed by atoms with Gasteiger partial charge in [-0.05, 0) is 60.9 Å². The number of halogens is 2. The Morgan fingerprint density at radius 2 is 1.67 bits per heavy atom. The van der Waals surface area contributed by atoms with Crippen LogP contribution in [0.1, 0.15) is 38.7 Å². The summed E-state index contributed by atoms with van der Waals surface area (Å²) in [4.78, 5) is 28.7. The monoisotopic (exact) mass is 633 g/mol. The maximum Gasteiger partial charge on any atom is 0.264 e. The third kappa shape index (κ3) is 8.30. The van der Waals surface area contributed by atoms with Crippen molar-refractivity contribution in [3.05, 3.63) is 93.9 Å². The third-order valence-electron chi connectivity index (χ3n) is 6.19. The van der Waals surface area contributed by atoms with E-state index in [0.717, 1.165) is 22.7 Å². The Morgan fingerprint density at radius 3 is 2.28 bits per heavy atom. The van der Waals surface area contributed by atoms with Crippen molar-refractivity contribution in [1.82, 2.24) is 10.2 Å². The van der Waals surface area contributed by atoms with Gasteiger partial charge in [-0.3, -0.25) is 13.9 Å². The van der Waals surface area contributed by atoms with Gasteiger partial charge in [-0.25, -0.2) is 8.42 Å². The van der Waals surface area contributed by atoms with Crippen LogP contribution in [0.25, 0.3) is 0 Å². The molecule has 0 bridgehead atoms. The lowest BCUT2D eigenvalue weighted by molar-refractivity contribution is -0.140. The van der Waals surface area contributed by atoms with Crippen molar-refractivity contribution in [3.63, 3.8) is 0 Å². The van der Waals surface area contributed by atoms with E-state index in [1.54, 1.807) is 66.7 Å². The average Bonchev–Trinajstić information content (AvgIpc) is 2.93. The van der Waals surface area contributed by atoms with Crippen molar-refractivity contribution >= 4 is 55.1 Å². The molecule has 0 aromatic heterocycles. The highest BCUT2D eigenvalue weighted by molar-refractivity contribution is 9.10. The highest BCUT2D eigenvalue weighted by Gasteiger charge is 2.33. The third-order valence-corrected chi connectivity index (χ3v) is 8.72. The van der Waals surface area contributed by atoms with Crippen molar-refractivity contribution in [2.24, 2.45) is 0 Å². The lowest BCUT2D eigenvalue weighted by atomic mass is 10.1. The van der Waals surface area contributed by atoms with E-state index in [1.165, 1.54) is 17.0 Å². The number of nitrogens with zero attached hydrogens (tertiary/aromatic N) is 2. The van der Waals surface area contributed by atoms with Crippen LogP contribution in [0.5, 0.6) is 0 Å². The Labute approximate surface area is 244 Å². The molecule has 2 amide bonds. The second-order valence-corrected chi connectivity index (χ2v) is 12.2. The Bertz CT molecular complexity index is 1350. The fourth-order valence-corrected chi connectivity index (χ4v) is 6.03. The summed E-state index contributed by atoms with van der Waals surface area (Å²) in [6, 6.07) is 21.0. The summed E-state index contributed by atoms with van der Waals surface area (Å²) in [5, 5.41) is 3.47. The Hall–Kier alpha value is -2.88. The van der Waals surface area contributed by atoms with Gasteiger partial charge < -0.3 is 10.2 Å². The number of carbonyl (C=O) groups is 2. The zero-order chi connectivity index (χ0) is 28.4. The number of benzene rings is 3. The van der Waals surface area contributed by atoms with E-state index < -0.39 is 28.5 Å². The summed E-state index contributed by atoms with van der Waals surface area (Å²) < 4.78 is 29.3. The number of carbonyl (C=O) groups excluding carboxylic acids is 2. The summed E-state index contributed by atoms with van der Waals surface area (Å²) in [7, 11) is -4.10. The first kappa shape index (κ1) is 30.7. The molecule has 3 aromatic rings. The Balaban J connectivity index is 2.02. The fraction of sp³-hybridized carbons (Fsp3) is 0.310. The zero-order valence-corrected chi connectivity index (χ0v) is 25.2. The van der Waals surface area contributed by atoms with Crippen LogP contribution < -0.4 is 9.62 Å². The second-order valence-electron chi connectivity index (χ2n) is 9.02. The van der Waals surface area contributed by atoms with Gasteiger partial charge in [0.25, 0.3) is 10.0 Å². The predicted molar refractivity (Wildman–Crippen MR) is 159 cm³/mol. The minimum absolute atomic E-state index is 0.0615. The molecular weight excluding hydrogens is 602 g/mol. The van der Waals surface area contributed by atoms with Crippen LogP contribution in [0.3, 0.4) is 0 Å². The smallest absolute Gasteiger partial charge is 0.264 e. The van der Waals surface area contributed by atoms with Crippen molar-refractivity contribution < 1.29 is 18.0 Å². The van der Waals surface area contributed by atoms with Crippen LogP contribution in [0.4, 0.5) is 5.69 Å². The van der Waals surface area contributed by atoms with Crippen molar-refractivity contribution in [1.29, 1.82) is 0 Å². The SMILES string of the molecule is CCCCNC(=O)[C@H](CC)N(Cc1ccc(Cl)cc1)C(=O)CN(c1cccc(Br)c1)S(=O)(=O)c1ccccc1. The second kappa shape index (κ2) is 14.5. The highest BCUT2D eigenvalue weighted by Crippen LogP contribution is 2.27. The first-order valence-corrected chi connectivity index (χ1v) is 15.4. The molecule has 0 aliphatic heterocycles. The molecule has 0 saturated carbocycles. The van der Waals surface area contributed by atoms with Crippen molar-refractivity contribution in [3.8, 4) is 0 Å². The number of anilines is 1. The molecule has 1 N–H and O–H groups in total. The minimum atomic E-state index is -4.10. The number of hydrogen-bond acceptors (Lipinski definition) is 4. The molecule has 0 radical (unpaired) electrons. The van der Waals surface area contributed by atoms with Gasteiger partial charge in [-0.15, -0.1) is 0 Å². The maximum absolute atomic E-state index is 14.0. The Morgan fingerprint density at radius 1 is 0.974 bits per heavy atom. The molecule has 0 heterocycles. The summed E-state index contributed by atoms with van der Waals surface area (Å²) in [5.74, 6) is -0.768. The van der Waals surface area contributed by atoms with Crippen LogP contribution in [0, 0.1) is 0 Å². The Kier molecular flexibility index (Phi) is 11.4. The molecule has 0 unspecified atom stereocenters. The van der Waals surface area contributed by atoms with Crippen molar-refractivity contribution in [2.45, 2.75) is 50.6 Å². The summed E-state index contributed by atoms with van der Waals surface area (Å²) in [6.07, 6.45) is 2.10. The number of unbranched alkanes of at least 4 members (excludes halogenated alkanes) is 1. The number of sulfonamides is 1. The molecule has 3 rings (SSSR count). The van der Waals surface area contributed by atoms with Crippen molar-refractivity contribution in [2.75, 3.05) is 17.4 Å². The number of amides is 2. The molecule has 10 heteroatoms. The average molecular weight is 635 g/mol. The van der Waals surface area contributed by atoms with E-state index in [2.05, 4.69) is 21.2 Å². The van der Waals surface area contributed by atoms with Gasteiger partial charge in [0.2, 0.25) is 11.8 Å². The number of hydrogen-bond donors (Lipinski definition) is 1. The summed E-state index contributed by atoms with van der Waals surface area (Å²) in [5.41, 5.74) is 1.10. The molecule has 7 nitrogen and oxygen atoms in total. The normalized spacial score (nSPS) is 12.0. The lowest BCUT2D eigenvalue weighted by Gasteiger charge is -2.33. The molecule has 1 atom stereocenters. The minimum Gasteiger partial charge on any atom is -0.354 e. The first-order chi connectivity index (χ1) is 18.7. The largest absolute Gasteiger partial charge is 0.354 e. The van der Waals surface area contributed by atoms with Gasteiger partial charge in [0, 0.05) is 22.6 Å². The van der Waals surface area contributed by atoms with E-state index in [-0.39, 0.29) is 17.3 Å².